The number of anilines is 1. The molecule has 4 heterocycles. The molecule has 1 aliphatic rings. The Hall–Kier alpha value is -3.96. The molecule has 0 unspecified atom stereocenters. The van der Waals surface area contributed by atoms with Crippen LogP contribution in [0.3, 0.4) is 0 Å². The third kappa shape index (κ3) is 4.87. The van der Waals surface area contributed by atoms with Gasteiger partial charge in [-0.1, -0.05) is 12.1 Å². The van der Waals surface area contributed by atoms with Crippen LogP contribution in [0.1, 0.15) is 35.4 Å². The molecular weight excluding hydrogens is 485 g/mol. The van der Waals surface area contributed by atoms with Gasteiger partial charge in [-0.2, -0.15) is 18.3 Å². The Bertz CT molecular complexity index is 1470. The summed E-state index contributed by atoms with van der Waals surface area (Å²) < 4.78 is 43.2. The van der Waals surface area contributed by atoms with E-state index in [0.717, 1.165) is 42.0 Å². The van der Waals surface area contributed by atoms with E-state index in [9.17, 15) is 18.0 Å². The van der Waals surface area contributed by atoms with Crippen molar-refractivity contribution < 1.29 is 18.0 Å². The number of carbonyl (C=O) groups excluding carboxylic acids is 1. The molecule has 4 aromatic rings. The summed E-state index contributed by atoms with van der Waals surface area (Å²) >= 11 is 0. The van der Waals surface area contributed by atoms with Gasteiger partial charge in [0.05, 0.1) is 23.1 Å². The summed E-state index contributed by atoms with van der Waals surface area (Å²) in [6, 6.07) is 5.18. The molecule has 0 atom stereocenters. The number of halogens is 3. The average Bonchev–Trinajstić information content (AvgIpc) is 3.52. The first kappa shape index (κ1) is 24.7. The number of amides is 1. The number of nitrogens with one attached hydrogen (secondary N) is 1. The Morgan fingerprint density at radius 2 is 1.95 bits per heavy atom. The van der Waals surface area contributed by atoms with Gasteiger partial charge in [-0.05, 0) is 38.0 Å². The number of aromatic nitrogens is 6. The smallest absolute Gasteiger partial charge is 0.364 e. The summed E-state index contributed by atoms with van der Waals surface area (Å²) in [7, 11) is 1.84. The largest absolute Gasteiger partial charge is 0.416 e. The lowest BCUT2D eigenvalue weighted by Gasteiger charge is -2.16. The minimum atomic E-state index is -4.42. The van der Waals surface area contributed by atoms with Crippen molar-refractivity contribution in [2.45, 2.75) is 46.0 Å². The maximum Gasteiger partial charge on any atom is 0.416 e. The van der Waals surface area contributed by atoms with Crippen molar-refractivity contribution in [3.8, 4) is 11.4 Å². The minimum Gasteiger partial charge on any atom is -0.364 e. The van der Waals surface area contributed by atoms with Gasteiger partial charge in [0.1, 0.15) is 5.52 Å². The number of aryl methyl sites for hydroxylation is 2. The molecule has 37 heavy (non-hydrogen) atoms. The van der Waals surface area contributed by atoms with Gasteiger partial charge in [-0.25, -0.2) is 15.0 Å². The van der Waals surface area contributed by atoms with Crippen LogP contribution in [-0.2, 0) is 31.1 Å². The Morgan fingerprint density at radius 3 is 2.62 bits per heavy atom. The van der Waals surface area contributed by atoms with E-state index in [1.54, 1.807) is 17.1 Å². The number of hydrogen-bond acceptors (Lipinski definition) is 6. The summed E-state index contributed by atoms with van der Waals surface area (Å²) in [6.45, 7) is 5.72. The van der Waals surface area contributed by atoms with Crippen molar-refractivity contribution in [1.29, 1.82) is 0 Å². The van der Waals surface area contributed by atoms with Gasteiger partial charge in [0, 0.05) is 45.3 Å². The first-order valence-electron chi connectivity index (χ1n) is 12.0. The zero-order chi connectivity index (χ0) is 26.3. The van der Waals surface area contributed by atoms with Crippen molar-refractivity contribution in [3.63, 3.8) is 0 Å². The second kappa shape index (κ2) is 9.49. The highest BCUT2D eigenvalue weighted by molar-refractivity contribution is 5.85. The number of alkyl halides is 3. The van der Waals surface area contributed by atoms with Crippen LogP contribution in [0, 0.1) is 13.8 Å². The number of rotatable bonds is 7. The summed E-state index contributed by atoms with van der Waals surface area (Å²) in [6.07, 6.45) is -1.34. The average molecular weight is 513 g/mol. The third-order valence-corrected chi connectivity index (χ3v) is 6.69. The molecular formula is C25H27F3N8O. The van der Waals surface area contributed by atoms with E-state index < -0.39 is 11.7 Å². The van der Waals surface area contributed by atoms with Crippen LogP contribution in [0.2, 0.25) is 0 Å². The molecule has 1 aliphatic heterocycles. The van der Waals surface area contributed by atoms with Gasteiger partial charge in [-0.15, -0.1) is 0 Å². The molecule has 0 spiro atoms. The summed E-state index contributed by atoms with van der Waals surface area (Å²) in [4.78, 5) is 27.9. The van der Waals surface area contributed by atoms with Gasteiger partial charge >= 0.3 is 6.18 Å². The molecule has 0 saturated carbocycles. The number of nitrogens with zero attached hydrogens (tertiary/aromatic N) is 7. The van der Waals surface area contributed by atoms with Crippen molar-refractivity contribution in [1.82, 2.24) is 34.2 Å². The molecule has 5 rings (SSSR count). The molecule has 9 nitrogen and oxygen atoms in total. The van der Waals surface area contributed by atoms with Gasteiger partial charge in [0.25, 0.3) is 0 Å². The number of carbonyl (C=O) groups is 1. The van der Waals surface area contributed by atoms with Gasteiger partial charge in [0.15, 0.2) is 17.3 Å². The summed E-state index contributed by atoms with van der Waals surface area (Å²) in [5.74, 6) is 1.00. The van der Waals surface area contributed by atoms with Crippen LogP contribution < -0.4 is 5.32 Å². The second-order valence-corrected chi connectivity index (χ2v) is 9.21. The third-order valence-electron chi connectivity index (χ3n) is 6.69. The Morgan fingerprint density at radius 1 is 1.14 bits per heavy atom. The number of benzene rings is 1. The quantitative estimate of drug-likeness (QED) is 0.401. The fourth-order valence-electron chi connectivity index (χ4n) is 4.65. The zero-order valence-corrected chi connectivity index (χ0v) is 20.8. The maximum absolute atomic E-state index is 13.2. The minimum absolute atomic E-state index is 0.121. The lowest BCUT2D eigenvalue weighted by molar-refractivity contribution is -0.137. The zero-order valence-electron chi connectivity index (χ0n) is 20.8. The lowest BCUT2D eigenvalue weighted by Crippen LogP contribution is -2.28. The summed E-state index contributed by atoms with van der Waals surface area (Å²) in [5.41, 5.74) is 3.26. The van der Waals surface area contributed by atoms with E-state index in [2.05, 4.69) is 15.4 Å². The highest BCUT2D eigenvalue weighted by atomic mass is 19.4. The van der Waals surface area contributed by atoms with Crippen LogP contribution in [0.15, 0.2) is 30.6 Å². The van der Waals surface area contributed by atoms with Gasteiger partial charge in [0.2, 0.25) is 5.91 Å². The van der Waals surface area contributed by atoms with Gasteiger partial charge in [-0.3, -0.25) is 9.48 Å². The van der Waals surface area contributed by atoms with Crippen molar-refractivity contribution >= 4 is 22.9 Å². The molecule has 0 radical (unpaired) electrons. The molecule has 1 aromatic carbocycles. The molecule has 1 amide bonds. The first-order valence-corrected chi connectivity index (χ1v) is 12.0. The molecule has 3 aromatic heterocycles. The van der Waals surface area contributed by atoms with E-state index in [4.69, 9.17) is 9.97 Å². The fraction of sp³-hybridized carbons (Fsp3) is 0.400. The number of fused-ring (bicyclic) bond motifs is 1. The molecule has 12 heteroatoms. The van der Waals surface area contributed by atoms with Crippen molar-refractivity contribution in [2.24, 2.45) is 7.05 Å². The van der Waals surface area contributed by atoms with Crippen LogP contribution in [-0.4, -0.2) is 53.2 Å². The Labute approximate surface area is 211 Å². The predicted molar refractivity (Wildman–Crippen MR) is 132 cm³/mol. The number of likely N-dealkylation sites (tertiary alicyclic amines) is 1. The monoisotopic (exact) mass is 512 g/mol. The molecule has 1 fully saturated rings. The predicted octanol–water partition coefficient (Wildman–Crippen LogP) is 4.10. The Balaban J connectivity index is 1.51. The molecule has 194 valence electrons. The maximum atomic E-state index is 13.2. The second-order valence-electron chi connectivity index (χ2n) is 9.21. The topological polar surface area (TPSA) is 93.8 Å². The normalized spacial score (nSPS) is 14.2. The van der Waals surface area contributed by atoms with Crippen molar-refractivity contribution in [2.75, 3.05) is 18.4 Å². The van der Waals surface area contributed by atoms with E-state index in [1.807, 2.05) is 30.4 Å². The highest BCUT2D eigenvalue weighted by Crippen LogP contribution is 2.31. The highest BCUT2D eigenvalue weighted by Gasteiger charge is 2.30. The van der Waals surface area contributed by atoms with E-state index in [-0.39, 0.29) is 12.5 Å². The first-order chi connectivity index (χ1) is 17.6. The van der Waals surface area contributed by atoms with Crippen LogP contribution in [0.25, 0.3) is 22.6 Å². The van der Waals surface area contributed by atoms with E-state index in [0.29, 0.717) is 47.9 Å². The molecule has 0 aliphatic carbocycles. The molecule has 1 saturated heterocycles. The fourth-order valence-corrected chi connectivity index (χ4v) is 4.65. The number of hydrogen-bond donors (Lipinski definition) is 1. The van der Waals surface area contributed by atoms with E-state index in [1.165, 1.54) is 6.07 Å². The van der Waals surface area contributed by atoms with Gasteiger partial charge < -0.3 is 14.8 Å². The van der Waals surface area contributed by atoms with Crippen LogP contribution in [0.4, 0.5) is 19.0 Å². The number of imidazole rings is 1. The van der Waals surface area contributed by atoms with Crippen LogP contribution in [0.5, 0.6) is 0 Å². The van der Waals surface area contributed by atoms with Crippen LogP contribution >= 0.6 is 0 Å². The molecule has 0 bridgehead atoms. The summed E-state index contributed by atoms with van der Waals surface area (Å²) in [5, 5.41) is 7.64. The molecule has 1 N–H and O–H groups in total. The Kier molecular flexibility index (Phi) is 6.34. The van der Waals surface area contributed by atoms with Crippen molar-refractivity contribution in [3.05, 3.63) is 53.1 Å². The lowest BCUT2D eigenvalue weighted by atomic mass is 10.1. The van der Waals surface area contributed by atoms with E-state index >= 15 is 0 Å². The SMILES string of the molecule is Cc1nn(C)c(C)c1-c1nc(NCc2cccc(C(F)(F)F)c2)c2ncn(CCN3CCCC3=O)c2n1. The standard InChI is InChI=1S/C25H27F3N8O/c1-15-20(16(2)34(3)33-15)22-31-23(29-13-17-6-4-7-18(12-17)25(26,27)28)21-24(32-22)36(14-30-21)11-10-35-9-5-8-19(35)37/h4,6-7,12,14H,5,8-11,13H2,1-3H3,(H,29,31,32).